The number of ether oxygens (including phenoxy) is 3. The number of carboxylic acid groups (broad SMARTS) is 1. The van der Waals surface area contributed by atoms with Gasteiger partial charge in [-0.15, -0.1) is 0 Å². The molecule has 1 N–H and O–H groups in total. The van der Waals surface area contributed by atoms with Crippen molar-refractivity contribution in [3.63, 3.8) is 0 Å². The maximum Gasteiger partial charge on any atom is 0.362 e. The molecule has 0 saturated carbocycles. The van der Waals surface area contributed by atoms with Gasteiger partial charge in [-0.2, -0.15) is 0 Å². The molecule has 0 aromatic heterocycles. The van der Waals surface area contributed by atoms with Crippen molar-refractivity contribution in [2.75, 3.05) is 41.0 Å². The van der Waals surface area contributed by atoms with E-state index in [9.17, 15) is 19.5 Å². The van der Waals surface area contributed by atoms with Crippen molar-refractivity contribution in [3.8, 4) is 0 Å². The molecule has 0 heterocycles. The molecule has 0 saturated heterocycles. The van der Waals surface area contributed by atoms with Gasteiger partial charge < -0.3 is 23.8 Å². The lowest BCUT2D eigenvalue weighted by atomic mass is 10.1. The molecule has 0 aliphatic heterocycles. The fourth-order valence-electron chi connectivity index (χ4n) is 7.11. The molecule has 0 fully saturated rings. The first-order valence-electron chi connectivity index (χ1n) is 25.6. The van der Waals surface area contributed by atoms with Crippen LogP contribution >= 0.6 is 0 Å². The van der Waals surface area contributed by atoms with Crippen molar-refractivity contribution < 1.29 is 38.2 Å². The molecule has 8 heteroatoms. The minimum absolute atomic E-state index is 0.0263. The number of hydrogen-bond donors (Lipinski definition) is 1. The zero-order chi connectivity index (χ0) is 47.0. The summed E-state index contributed by atoms with van der Waals surface area (Å²) >= 11 is 0. The van der Waals surface area contributed by atoms with Crippen molar-refractivity contribution in [3.05, 3.63) is 85.1 Å². The maximum absolute atomic E-state index is 12.7. The number of carboxylic acids is 1. The number of allylic oxidation sites excluding steroid dienone is 14. The number of nitrogens with zero attached hydrogens (tertiary/aromatic N) is 1. The highest BCUT2D eigenvalue weighted by Gasteiger charge is 2.31. The molecule has 0 aliphatic rings. The Morgan fingerprint density at radius 3 is 1.36 bits per heavy atom. The van der Waals surface area contributed by atoms with Gasteiger partial charge in [-0.1, -0.05) is 189 Å². The van der Waals surface area contributed by atoms with Gasteiger partial charge in [0.05, 0.1) is 34.4 Å². The molecule has 8 nitrogen and oxygen atoms in total. The monoisotopic (exact) mass is 895 g/mol. The number of aliphatic carboxylic acids is 1. The van der Waals surface area contributed by atoms with E-state index < -0.39 is 18.1 Å². The average molecular weight is 895 g/mol. The molecule has 0 radical (unpaired) electrons. The van der Waals surface area contributed by atoms with Gasteiger partial charge in [-0.3, -0.25) is 9.59 Å². The second-order valence-electron chi connectivity index (χ2n) is 18.0. The number of carbonyl (C=O) groups is 3. The number of carbonyl (C=O) groups excluding carboxylic acids is 2. The van der Waals surface area contributed by atoms with E-state index in [1.807, 2.05) is 33.3 Å². The van der Waals surface area contributed by atoms with Crippen LogP contribution in [0.4, 0.5) is 0 Å². The molecule has 0 rings (SSSR count). The van der Waals surface area contributed by atoms with Crippen LogP contribution in [0.2, 0.25) is 0 Å². The minimum Gasteiger partial charge on any atom is -0.477 e. The molecule has 0 bridgehead atoms. The van der Waals surface area contributed by atoms with Crippen molar-refractivity contribution in [1.82, 2.24) is 0 Å². The van der Waals surface area contributed by atoms with Crippen molar-refractivity contribution in [2.24, 2.45) is 0 Å². The van der Waals surface area contributed by atoms with Crippen LogP contribution in [0.1, 0.15) is 200 Å². The normalized spacial score (nSPS) is 13.6. The van der Waals surface area contributed by atoms with Gasteiger partial charge in [0.2, 0.25) is 0 Å². The summed E-state index contributed by atoms with van der Waals surface area (Å²) in [5, 5.41) is 9.65. The molecule has 64 heavy (non-hydrogen) atoms. The molecule has 2 unspecified atom stereocenters. The van der Waals surface area contributed by atoms with E-state index in [2.05, 4.69) is 86.8 Å². The summed E-state index contributed by atoms with van der Waals surface area (Å²) in [6, 6.07) is -0.633. The van der Waals surface area contributed by atoms with Crippen molar-refractivity contribution >= 4 is 17.9 Å². The van der Waals surface area contributed by atoms with Crippen LogP contribution < -0.4 is 0 Å². The van der Waals surface area contributed by atoms with Crippen molar-refractivity contribution in [2.45, 2.75) is 212 Å². The maximum atomic E-state index is 12.7. The van der Waals surface area contributed by atoms with Crippen LogP contribution in [-0.4, -0.2) is 80.6 Å². The van der Waals surface area contributed by atoms with E-state index in [0.717, 1.165) is 57.8 Å². The van der Waals surface area contributed by atoms with Gasteiger partial charge in [0.1, 0.15) is 6.61 Å². The third-order valence-corrected chi connectivity index (χ3v) is 11.0. The van der Waals surface area contributed by atoms with E-state index in [4.69, 9.17) is 14.2 Å². The largest absolute Gasteiger partial charge is 0.477 e. The highest BCUT2D eigenvalue weighted by molar-refractivity contribution is 5.72. The smallest absolute Gasteiger partial charge is 0.362 e. The number of esters is 2. The number of hydrogen-bond acceptors (Lipinski definition) is 6. The molecule has 0 aromatic rings. The Labute approximate surface area is 393 Å². The predicted molar refractivity (Wildman–Crippen MR) is 270 cm³/mol. The van der Waals surface area contributed by atoms with E-state index >= 15 is 0 Å². The van der Waals surface area contributed by atoms with Gasteiger partial charge in [0.15, 0.2) is 12.1 Å². The highest BCUT2D eigenvalue weighted by Crippen LogP contribution is 2.14. The van der Waals surface area contributed by atoms with Gasteiger partial charge in [-0.05, 0) is 77.0 Å². The van der Waals surface area contributed by atoms with Gasteiger partial charge in [0, 0.05) is 19.3 Å². The van der Waals surface area contributed by atoms with Gasteiger partial charge in [-0.25, -0.2) is 4.79 Å². The third kappa shape index (κ3) is 43.7. The van der Waals surface area contributed by atoms with E-state index in [0.29, 0.717) is 19.3 Å². The standard InChI is InChI=1S/C56H95NO7/c1-6-8-10-12-14-16-18-20-22-24-26-27-29-30-32-34-36-38-40-42-44-46-54(58)63-51-52(50-62-49-48-53(56(60)61)57(3,4)5)64-55(59)47-45-43-41-39-37-35-33-31-28-25-23-21-19-17-15-13-11-9-7-2/h9,11,15,17,21,23-24,26,28,31,35,37,41,43,52-53H,6-8,10,12-14,16,18-20,22,25,27,29-30,32-34,36,38-40,42,44-51H2,1-5H3/p+1/b11-9-,17-15-,23-21-,26-24-,31-28-,37-35-,43-41-. The van der Waals surface area contributed by atoms with Crippen LogP contribution in [0.5, 0.6) is 0 Å². The number of rotatable bonds is 45. The second-order valence-corrected chi connectivity index (χ2v) is 18.0. The van der Waals surface area contributed by atoms with Crippen molar-refractivity contribution in [1.29, 1.82) is 0 Å². The number of unbranched alkanes of at least 4 members (excludes halogenated alkanes) is 17. The number of likely N-dealkylation sites (N-methyl/N-ethyl adjacent to an activating group) is 1. The summed E-state index contributed by atoms with van der Waals surface area (Å²) in [6.45, 7) is 4.54. The lowest BCUT2D eigenvalue weighted by molar-refractivity contribution is -0.887. The summed E-state index contributed by atoms with van der Waals surface area (Å²) in [6.07, 6.45) is 60.8. The zero-order valence-electron chi connectivity index (χ0n) is 41.7. The van der Waals surface area contributed by atoms with Gasteiger partial charge in [0.25, 0.3) is 0 Å². The topological polar surface area (TPSA) is 99.1 Å². The average Bonchev–Trinajstić information content (AvgIpc) is 3.26. The summed E-state index contributed by atoms with van der Waals surface area (Å²) in [5.74, 6) is -1.58. The molecule has 0 spiro atoms. The van der Waals surface area contributed by atoms with Crippen LogP contribution in [0.15, 0.2) is 85.1 Å². The summed E-state index contributed by atoms with van der Waals surface area (Å²) < 4.78 is 17.3. The van der Waals surface area contributed by atoms with Crippen LogP contribution in [-0.2, 0) is 28.6 Å². The molecular weight excluding hydrogens is 799 g/mol. The Bertz CT molecular complexity index is 1320. The summed E-state index contributed by atoms with van der Waals surface area (Å²) in [7, 11) is 5.50. The van der Waals surface area contributed by atoms with Crippen LogP contribution in [0.3, 0.4) is 0 Å². The molecule has 0 aliphatic carbocycles. The lowest BCUT2D eigenvalue weighted by Gasteiger charge is -2.31. The van der Waals surface area contributed by atoms with E-state index in [1.165, 1.54) is 103 Å². The number of quaternary nitrogens is 1. The van der Waals surface area contributed by atoms with Gasteiger partial charge >= 0.3 is 17.9 Å². The third-order valence-electron chi connectivity index (χ3n) is 11.0. The zero-order valence-corrected chi connectivity index (χ0v) is 41.7. The van der Waals surface area contributed by atoms with E-state index in [1.54, 1.807) is 0 Å². The fraction of sp³-hybridized carbons (Fsp3) is 0.696. The SMILES string of the molecule is CC/C=C\C/C=C\C/C=C\C/C=C\C/C=C\C/C=C\CCC(=O)OC(COCCC(C(=O)O)[N+](C)(C)C)COC(=O)CCCCCCCCCCC/C=C\CCCCCCCCCC. The molecule has 2 atom stereocenters. The molecule has 0 amide bonds. The van der Waals surface area contributed by atoms with Crippen LogP contribution in [0, 0.1) is 0 Å². The highest BCUT2D eigenvalue weighted by atomic mass is 16.6. The summed E-state index contributed by atoms with van der Waals surface area (Å²) in [5.41, 5.74) is 0. The minimum atomic E-state index is -0.888. The molecule has 366 valence electrons. The first kappa shape index (κ1) is 60.5. The predicted octanol–water partition coefficient (Wildman–Crippen LogP) is 14.9. The first-order chi connectivity index (χ1) is 31.1. The second kappa shape index (κ2) is 46.1. The Kier molecular flexibility index (Phi) is 43.5. The Morgan fingerprint density at radius 2 is 0.906 bits per heavy atom. The molecule has 0 aromatic carbocycles. The Morgan fingerprint density at radius 1 is 0.484 bits per heavy atom. The van der Waals surface area contributed by atoms with Crippen LogP contribution in [0.25, 0.3) is 0 Å². The first-order valence-corrected chi connectivity index (χ1v) is 25.6. The Balaban J connectivity index is 4.36. The quantitative estimate of drug-likeness (QED) is 0.0281. The Hall–Kier alpha value is -3.49. The fourth-order valence-corrected chi connectivity index (χ4v) is 7.11. The summed E-state index contributed by atoms with van der Waals surface area (Å²) in [4.78, 5) is 37.1. The van der Waals surface area contributed by atoms with E-state index in [-0.39, 0.29) is 42.7 Å². The lowest BCUT2D eigenvalue weighted by Crippen LogP contribution is -2.50. The molecular formula is C56H96NO7+.